The van der Waals surface area contributed by atoms with Crippen molar-refractivity contribution in [2.45, 2.75) is 31.2 Å². The van der Waals surface area contributed by atoms with E-state index in [1.54, 1.807) is 6.07 Å². The van der Waals surface area contributed by atoms with Crippen molar-refractivity contribution in [2.24, 2.45) is 0 Å². The van der Waals surface area contributed by atoms with Crippen LogP contribution in [0.3, 0.4) is 0 Å². The molecule has 2 atom stereocenters. The number of ether oxygens (including phenoxy) is 3. The van der Waals surface area contributed by atoms with Crippen LogP contribution in [0.2, 0.25) is 0 Å². The monoisotopic (exact) mass is 466 g/mol. The van der Waals surface area contributed by atoms with Crippen molar-refractivity contribution in [2.75, 3.05) is 27.9 Å². The summed E-state index contributed by atoms with van der Waals surface area (Å²) >= 11 is 0. The van der Waals surface area contributed by atoms with Crippen molar-refractivity contribution in [1.29, 1.82) is 0 Å². The second-order valence-electron chi connectivity index (χ2n) is 7.60. The van der Waals surface area contributed by atoms with Crippen LogP contribution in [0.1, 0.15) is 27.9 Å². The minimum Gasteiger partial charge on any atom is -0.493 e. The molecule has 0 spiro atoms. The van der Waals surface area contributed by atoms with Gasteiger partial charge in [0.05, 0.1) is 26.9 Å². The first-order valence-corrected chi connectivity index (χ1v) is 10.2. The standard InChI is InChI=1S/C23H25F3N2O5/c1-31-19-6-4-5-15(20(19)32-2)12-28-13-17(11-18(28)22(30)33-3)27-21(29)14-7-9-16(10-8-14)23(24,25)26/h4-10,17-18H,11-13H2,1-3H3,(H,27,29)/t17-,18+/m1/s1. The highest BCUT2D eigenvalue weighted by molar-refractivity contribution is 5.94. The largest absolute Gasteiger partial charge is 0.493 e. The lowest BCUT2D eigenvalue weighted by Gasteiger charge is -2.23. The summed E-state index contributed by atoms with van der Waals surface area (Å²) in [6.07, 6.45) is -4.18. The highest BCUT2D eigenvalue weighted by atomic mass is 19.4. The lowest BCUT2D eigenvalue weighted by atomic mass is 10.1. The Morgan fingerprint density at radius 1 is 1.06 bits per heavy atom. The molecular weight excluding hydrogens is 441 g/mol. The third kappa shape index (κ3) is 5.57. The molecule has 0 unspecified atom stereocenters. The van der Waals surface area contributed by atoms with Crippen molar-refractivity contribution in [3.8, 4) is 11.5 Å². The summed E-state index contributed by atoms with van der Waals surface area (Å²) in [5, 5.41) is 2.80. The fourth-order valence-electron chi connectivity index (χ4n) is 3.94. The number of halogens is 3. The molecule has 7 nitrogen and oxygen atoms in total. The summed E-state index contributed by atoms with van der Waals surface area (Å²) in [6, 6.07) is 8.40. The van der Waals surface area contributed by atoms with Crippen LogP contribution in [0, 0.1) is 0 Å². The number of hydrogen-bond donors (Lipinski definition) is 1. The Morgan fingerprint density at radius 2 is 1.76 bits per heavy atom. The molecule has 0 aliphatic carbocycles. The number of carbonyl (C=O) groups is 2. The highest BCUT2D eigenvalue weighted by Crippen LogP contribution is 2.33. The predicted molar refractivity (Wildman–Crippen MR) is 113 cm³/mol. The lowest BCUT2D eigenvalue weighted by molar-refractivity contribution is -0.146. The maximum Gasteiger partial charge on any atom is 0.416 e. The molecule has 1 fully saturated rings. The van der Waals surface area contributed by atoms with Crippen LogP contribution in [-0.4, -0.2) is 56.7 Å². The van der Waals surface area contributed by atoms with Crippen LogP contribution >= 0.6 is 0 Å². The number of nitrogens with one attached hydrogen (secondary N) is 1. The molecule has 1 aliphatic heterocycles. The Bertz CT molecular complexity index is 995. The number of carbonyl (C=O) groups excluding carboxylic acids is 2. The Labute approximate surface area is 189 Å². The van der Waals surface area contributed by atoms with E-state index in [4.69, 9.17) is 14.2 Å². The number of rotatable bonds is 7. The Balaban J connectivity index is 1.74. The summed E-state index contributed by atoms with van der Waals surface area (Å²) < 4.78 is 54.0. The smallest absolute Gasteiger partial charge is 0.416 e. The Hall–Kier alpha value is -3.27. The second-order valence-corrected chi connectivity index (χ2v) is 7.60. The van der Waals surface area contributed by atoms with Gasteiger partial charge in [0.15, 0.2) is 11.5 Å². The summed E-state index contributed by atoms with van der Waals surface area (Å²) in [5.74, 6) is 0.137. The number of amides is 1. The van der Waals surface area contributed by atoms with Gasteiger partial charge in [0, 0.05) is 30.3 Å². The van der Waals surface area contributed by atoms with Crippen LogP contribution < -0.4 is 14.8 Å². The number of methoxy groups -OCH3 is 3. The SMILES string of the molecule is COC(=O)[C@@H]1C[C@@H](NC(=O)c2ccc(C(F)(F)F)cc2)CN1Cc1cccc(OC)c1OC. The first-order chi connectivity index (χ1) is 15.7. The van der Waals surface area contributed by atoms with E-state index in [0.717, 1.165) is 29.8 Å². The van der Waals surface area contributed by atoms with E-state index in [1.807, 2.05) is 17.0 Å². The van der Waals surface area contributed by atoms with Gasteiger partial charge in [0.2, 0.25) is 0 Å². The molecular formula is C23H25F3N2O5. The molecule has 1 amide bonds. The molecule has 1 N–H and O–H groups in total. The van der Waals surface area contributed by atoms with Crippen molar-refractivity contribution >= 4 is 11.9 Å². The average Bonchev–Trinajstić information content (AvgIpc) is 3.19. The summed E-state index contributed by atoms with van der Waals surface area (Å²) in [6.45, 7) is 0.680. The van der Waals surface area contributed by atoms with Crippen LogP contribution in [0.15, 0.2) is 42.5 Å². The van der Waals surface area contributed by atoms with Crippen LogP contribution in [-0.2, 0) is 22.3 Å². The lowest BCUT2D eigenvalue weighted by Crippen LogP contribution is -2.37. The summed E-state index contributed by atoms with van der Waals surface area (Å²) in [5.41, 5.74) is 0.0649. The fraction of sp³-hybridized carbons (Fsp3) is 0.391. The predicted octanol–water partition coefficient (Wildman–Crippen LogP) is 3.27. The maximum absolute atomic E-state index is 12.8. The number of likely N-dealkylation sites (tertiary alicyclic amines) is 1. The van der Waals surface area contributed by atoms with E-state index < -0.39 is 35.7 Å². The molecule has 1 heterocycles. The van der Waals surface area contributed by atoms with Crippen LogP contribution in [0.25, 0.3) is 0 Å². The highest BCUT2D eigenvalue weighted by Gasteiger charge is 2.39. The average molecular weight is 466 g/mol. The summed E-state index contributed by atoms with van der Waals surface area (Å²) in [7, 11) is 4.35. The number of nitrogens with zero attached hydrogens (tertiary/aromatic N) is 1. The zero-order valence-electron chi connectivity index (χ0n) is 18.4. The molecule has 1 aliphatic rings. The van der Waals surface area contributed by atoms with E-state index in [1.165, 1.54) is 21.3 Å². The number of alkyl halides is 3. The van der Waals surface area contributed by atoms with Crippen molar-refractivity contribution in [3.63, 3.8) is 0 Å². The minimum absolute atomic E-state index is 0.102. The number of esters is 1. The maximum atomic E-state index is 12.8. The second kappa shape index (κ2) is 10.1. The Morgan fingerprint density at radius 3 is 2.33 bits per heavy atom. The van der Waals surface area contributed by atoms with Gasteiger partial charge in [0.25, 0.3) is 5.91 Å². The molecule has 10 heteroatoms. The van der Waals surface area contributed by atoms with E-state index >= 15 is 0 Å². The third-order valence-electron chi connectivity index (χ3n) is 5.54. The minimum atomic E-state index is -4.48. The van der Waals surface area contributed by atoms with Gasteiger partial charge in [-0.2, -0.15) is 13.2 Å². The van der Waals surface area contributed by atoms with Crippen molar-refractivity contribution in [1.82, 2.24) is 10.2 Å². The van der Waals surface area contributed by atoms with Gasteiger partial charge < -0.3 is 19.5 Å². The molecule has 33 heavy (non-hydrogen) atoms. The molecule has 0 aromatic heterocycles. The van der Waals surface area contributed by atoms with Crippen LogP contribution in [0.4, 0.5) is 13.2 Å². The first-order valence-electron chi connectivity index (χ1n) is 10.2. The fourth-order valence-corrected chi connectivity index (χ4v) is 3.94. The van der Waals surface area contributed by atoms with E-state index in [0.29, 0.717) is 31.0 Å². The molecule has 2 aromatic carbocycles. The molecule has 0 radical (unpaired) electrons. The topological polar surface area (TPSA) is 77.1 Å². The quantitative estimate of drug-likeness (QED) is 0.632. The molecule has 2 aromatic rings. The van der Waals surface area contributed by atoms with E-state index in [2.05, 4.69) is 5.32 Å². The van der Waals surface area contributed by atoms with Gasteiger partial charge in [-0.25, -0.2) is 0 Å². The summed E-state index contributed by atoms with van der Waals surface area (Å²) in [4.78, 5) is 26.8. The van der Waals surface area contributed by atoms with Crippen molar-refractivity contribution in [3.05, 3.63) is 59.2 Å². The van der Waals surface area contributed by atoms with Gasteiger partial charge in [-0.3, -0.25) is 14.5 Å². The Kier molecular flexibility index (Phi) is 7.47. The molecule has 1 saturated heterocycles. The molecule has 178 valence electrons. The normalized spacial score (nSPS) is 18.6. The van der Waals surface area contributed by atoms with Gasteiger partial charge in [-0.15, -0.1) is 0 Å². The van der Waals surface area contributed by atoms with Crippen LogP contribution in [0.5, 0.6) is 11.5 Å². The zero-order chi connectivity index (χ0) is 24.2. The molecule has 3 rings (SSSR count). The third-order valence-corrected chi connectivity index (χ3v) is 5.54. The van der Waals surface area contributed by atoms with Gasteiger partial charge in [-0.05, 0) is 36.8 Å². The van der Waals surface area contributed by atoms with E-state index in [-0.39, 0.29) is 5.56 Å². The van der Waals surface area contributed by atoms with Gasteiger partial charge in [0.1, 0.15) is 6.04 Å². The molecule has 0 bridgehead atoms. The van der Waals surface area contributed by atoms with Crippen molar-refractivity contribution < 1.29 is 37.0 Å². The first kappa shape index (κ1) is 24.4. The number of para-hydroxylation sites is 1. The zero-order valence-corrected chi connectivity index (χ0v) is 18.4. The number of hydrogen-bond acceptors (Lipinski definition) is 6. The van der Waals surface area contributed by atoms with E-state index in [9.17, 15) is 22.8 Å². The van der Waals surface area contributed by atoms with Gasteiger partial charge >= 0.3 is 12.1 Å². The molecule has 0 saturated carbocycles. The van der Waals surface area contributed by atoms with Gasteiger partial charge in [-0.1, -0.05) is 12.1 Å². The number of benzene rings is 2.